The summed E-state index contributed by atoms with van der Waals surface area (Å²) < 4.78 is 13.4. The first-order valence-electron chi connectivity index (χ1n) is 9.38. The monoisotopic (exact) mass is 361 g/mol. The number of likely N-dealkylation sites (tertiary alicyclic amines) is 1. The maximum atomic E-state index is 13.4. The molecule has 1 fully saturated rings. The van der Waals surface area contributed by atoms with Crippen LogP contribution in [0.5, 0.6) is 0 Å². The molecule has 0 aliphatic carbocycles. The molecule has 2 aromatic carbocycles. The molecule has 0 unspecified atom stereocenters. The average molecular weight is 361 g/mol. The van der Waals surface area contributed by atoms with Gasteiger partial charge in [0.25, 0.3) is 0 Å². The molecule has 0 spiro atoms. The Hall–Kier alpha value is -2.72. The first kappa shape index (κ1) is 17.7. The van der Waals surface area contributed by atoms with Gasteiger partial charge in [-0.1, -0.05) is 54.1 Å². The van der Waals surface area contributed by atoms with Crippen LogP contribution in [0.3, 0.4) is 0 Å². The van der Waals surface area contributed by atoms with Crippen molar-refractivity contribution >= 4 is 6.08 Å². The summed E-state index contributed by atoms with van der Waals surface area (Å²) in [5.74, 6) is 0.478. The SMILES string of the molecule is CC(=Cc1ccccc1)CN1C[C@@H](c2ccc(F)cc2)[C@H](c2ccn[nH]2)C1. The second-order valence-electron chi connectivity index (χ2n) is 7.37. The Labute approximate surface area is 159 Å². The van der Waals surface area contributed by atoms with Gasteiger partial charge in [0.15, 0.2) is 0 Å². The Bertz CT molecular complexity index is 885. The molecule has 1 aliphatic heterocycles. The van der Waals surface area contributed by atoms with E-state index in [-0.39, 0.29) is 5.82 Å². The molecular formula is C23H24FN3. The number of aromatic amines is 1. The van der Waals surface area contributed by atoms with E-state index in [0.717, 1.165) is 25.3 Å². The third kappa shape index (κ3) is 4.17. The number of aromatic nitrogens is 2. The Morgan fingerprint density at radius 3 is 2.52 bits per heavy atom. The van der Waals surface area contributed by atoms with Crippen LogP contribution in [-0.4, -0.2) is 34.7 Å². The number of hydrogen-bond acceptors (Lipinski definition) is 2. The lowest BCUT2D eigenvalue weighted by molar-refractivity contribution is 0.360. The average Bonchev–Trinajstić information content (AvgIpc) is 3.33. The zero-order valence-electron chi connectivity index (χ0n) is 15.5. The molecule has 0 radical (unpaired) electrons. The van der Waals surface area contributed by atoms with Crippen LogP contribution in [0.2, 0.25) is 0 Å². The number of hydrogen-bond donors (Lipinski definition) is 1. The van der Waals surface area contributed by atoms with Crippen LogP contribution in [0.15, 0.2) is 72.4 Å². The second kappa shape index (κ2) is 7.89. The van der Waals surface area contributed by atoms with Gasteiger partial charge in [0.1, 0.15) is 5.82 Å². The van der Waals surface area contributed by atoms with Gasteiger partial charge >= 0.3 is 0 Å². The predicted molar refractivity (Wildman–Crippen MR) is 107 cm³/mol. The Morgan fingerprint density at radius 2 is 1.81 bits per heavy atom. The van der Waals surface area contributed by atoms with E-state index in [1.807, 2.05) is 18.2 Å². The topological polar surface area (TPSA) is 31.9 Å². The summed E-state index contributed by atoms with van der Waals surface area (Å²) in [6, 6.07) is 19.4. The maximum absolute atomic E-state index is 13.4. The second-order valence-corrected chi connectivity index (χ2v) is 7.37. The van der Waals surface area contributed by atoms with Crippen LogP contribution in [0.4, 0.5) is 4.39 Å². The Balaban J connectivity index is 1.53. The van der Waals surface area contributed by atoms with Gasteiger partial charge in [-0.25, -0.2) is 4.39 Å². The van der Waals surface area contributed by atoms with Crippen molar-refractivity contribution in [3.05, 3.63) is 95.1 Å². The highest BCUT2D eigenvalue weighted by atomic mass is 19.1. The molecule has 0 bridgehead atoms. The molecule has 2 atom stereocenters. The third-order valence-electron chi connectivity index (χ3n) is 5.30. The lowest BCUT2D eigenvalue weighted by Crippen LogP contribution is -2.22. The van der Waals surface area contributed by atoms with Gasteiger partial charge in [-0.15, -0.1) is 0 Å². The van der Waals surface area contributed by atoms with Crippen LogP contribution in [0, 0.1) is 5.82 Å². The number of rotatable bonds is 5. The Morgan fingerprint density at radius 1 is 1.07 bits per heavy atom. The molecule has 0 saturated carbocycles. The number of benzene rings is 2. The molecule has 4 heteroatoms. The summed E-state index contributed by atoms with van der Waals surface area (Å²) in [4.78, 5) is 2.48. The first-order chi connectivity index (χ1) is 13.2. The highest BCUT2D eigenvalue weighted by Crippen LogP contribution is 2.39. The summed E-state index contributed by atoms with van der Waals surface area (Å²) in [7, 11) is 0. The minimum Gasteiger partial charge on any atom is -0.298 e. The number of nitrogens with zero attached hydrogens (tertiary/aromatic N) is 2. The van der Waals surface area contributed by atoms with Gasteiger partial charge in [0.2, 0.25) is 0 Å². The van der Waals surface area contributed by atoms with E-state index >= 15 is 0 Å². The molecule has 138 valence electrons. The van der Waals surface area contributed by atoms with Gasteiger partial charge in [-0.2, -0.15) is 5.10 Å². The smallest absolute Gasteiger partial charge is 0.123 e. The first-order valence-corrected chi connectivity index (χ1v) is 9.38. The quantitative estimate of drug-likeness (QED) is 0.705. The molecular weight excluding hydrogens is 337 g/mol. The van der Waals surface area contributed by atoms with E-state index in [4.69, 9.17) is 0 Å². The minimum absolute atomic E-state index is 0.187. The lowest BCUT2D eigenvalue weighted by atomic mass is 9.87. The fourth-order valence-corrected chi connectivity index (χ4v) is 4.08. The van der Waals surface area contributed by atoms with Crippen LogP contribution in [0.1, 0.15) is 35.6 Å². The molecule has 1 aliphatic rings. The highest BCUT2D eigenvalue weighted by Gasteiger charge is 2.35. The molecule has 0 amide bonds. The van der Waals surface area contributed by atoms with Crippen molar-refractivity contribution in [1.82, 2.24) is 15.1 Å². The van der Waals surface area contributed by atoms with Crippen molar-refractivity contribution in [2.24, 2.45) is 0 Å². The van der Waals surface area contributed by atoms with Gasteiger partial charge < -0.3 is 0 Å². The number of halogens is 1. The van der Waals surface area contributed by atoms with E-state index in [0.29, 0.717) is 11.8 Å². The summed E-state index contributed by atoms with van der Waals surface area (Å²) in [5.41, 5.74) is 4.90. The van der Waals surface area contributed by atoms with E-state index in [1.54, 1.807) is 18.3 Å². The molecule has 4 rings (SSSR count). The zero-order chi connectivity index (χ0) is 18.6. The molecule has 2 heterocycles. The molecule has 1 saturated heterocycles. The molecule has 3 aromatic rings. The van der Waals surface area contributed by atoms with Crippen molar-refractivity contribution in [2.45, 2.75) is 18.8 Å². The summed E-state index contributed by atoms with van der Waals surface area (Å²) >= 11 is 0. The van der Waals surface area contributed by atoms with E-state index in [2.05, 4.69) is 58.4 Å². The molecule has 3 nitrogen and oxygen atoms in total. The number of nitrogens with one attached hydrogen (secondary N) is 1. The fourth-order valence-electron chi connectivity index (χ4n) is 4.08. The van der Waals surface area contributed by atoms with Crippen molar-refractivity contribution in [1.29, 1.82) is 0 Å². The molecule has 27 heavy (non-hydrogen) atoms. The molecule has 1 N–H and O–H groups in total. The third-order valence-corrected chi connectivity index (χ3v) is 5.30. The van der Waals surface area contributed by atoms with Crippen molar-refractivity contribution in [3.8, 4) is 0 Å². The van der Waals surface area contributed by atoms with Gasteiger partial charge in [-0.3, -0.25) is 10.00 Å². The van der Waals surface area contributed by atoms with E-state index in [1.165, 1.54) is 16.7 Å². The molecule has 1 aromatic heterocycles. The fraction of sp³-hybridized carbons (Fsp3) is 0.261. The minimum atomic E-state index is -0.187. The van der Waals surface area contributed by atoms with Crippen molar-refractivity contribution < 1.29 is 4.39 Å². The Kier molecular flexibility index (Phi) is 5.16. The summed E-state index contributed by atoms with van der Waals surface area (Å²) in [6.45, 7) is 5.03. The van der Waals surface area contributed by atoms with E-state index < -0.39 is 0 Å². The summed E-state index contributed by atoms with van der Waals surface area (Å²) in [5, 5.41) is 7.27. The van der Waals surface area contributed by atoms with Gasteiger partial charge in [-0.05, 0) is 36.2 Å². The normalized spacial score (nSPS) is 20.9. The maximum Gasteiger partial charge on any atom is 0.123 e. The number of H-pyrrole nitrogens is 1. The zero-order valence-corrected chi connectivity index (χ0v) is 15.5. The van der Waals surface area contributed by atoms with Gasteiger partial charge in [0, 0.05) is 43.4 Å². The lowest BCUT2D eigenvalue weighted by Gasteiger charge is -2.17. The van der Waals surface area contributed by atoms with E-state index in [9.17, 15) is 4.39 Å². The predicted octanol–water partition coefficient (Wildman–Crippen LogP) is 4.84. The standard InChI is InChI=1S/C23H24FN3/c1-17(13-18-5-3-2-4-6-18)14-27-15-21(19-7-9-20(24)10-8-19)22(16-27)23-11-12-25-26-23/h2-13,21-22H,14-16H2,1H3,(H,25,26)/t21-,22+/m0/s1. The van der Waals surface area contributed by atoms with Crippen LogP contribution >= 0.6 is 0 Å². The van der Waals surface area contributed by atoms with Crippen LogP contribution in [0.25, 0.3) is 6.08 Å². The summed E-state index contributed by atoms with van der Waals surface area (Å²) in [6.07, 6.45) is 4.05. The van der Waals surface area contributed by atoms with Crippen molar-refractivity contribution in [2.75, 3.05) is 19.6 Å². The highest BCUT2D eigenvalue weighted by molar-refractivity contribution is 5.52. The van der Waals surface area contributed by atoms with Crippen LogP contribution < -0.4 is 0 Å². The largest absolute Gasteiger partial charge is 0.298 e. The van der Waals surface area contributed by atoms with Crippen LogP contribution in [-0.2, 0) is 0 Å². The van der Waals surface area contributed by atoms with Crippen molar-refractivity contribution in [3.63, 3.8) is 0 Å². The van der Waals surface area contributed by atoms with Gasteiger partial charge in [0.05, 0.1) is 0 Å².